The Kier molecular flexibility index (Phi) is 5.87. The third kappa shape index (κ3) is 3.66. The van der Waals surface area contributed by atoms with Crippen molar-refractivity contribution in [2.24, 2.45) is 7.05 Å². The second-order valence-electron chi connectivity index (χ2n) is 6.19. The van der Waals surface area contributed by atoms with Crippen LogP contribution in [0.15, 0.2) is 34.1 Å². The van der Waals surface area contributed by atoms with E-state index in [0.29, 0.717) is 18.7 Å². The fourth-order valence-electron chi connectivity index (χ4n) is 2.88. The maximum Gasteiger partial charge on any atom is 0.251 e. The Morgan fingerprint density at radius 2 is 1.77 bits per heavy atom. The van der Waals surface area contributed by atoms with E-state index in [1.165, 1.54) is 22.6 Å². The van der Waals surface area contributed by atoms with Crippen molar-refractivity contribution in [2.75, 3.05) is 13.1 Å². The molecule has 2 rings (SSSR count). The summed E-state index contributed by atoms with van der Waals surface area (Å²) in [5.74, 6) is -0.231. The Bertz CT molecular complexity index is 982. The number of nitrogens with zero attached hydrogens (tertiary/aromatic N) is 3. The molecule has 0 amide bonds. The van der Waals surface area contributed by atoms with Gasteiger partial charge < -0.3 is 9.13 Å². The lowest BCUT2D eigenvalue weighted by atomic mass is 10.1. The fraction of sp³-hybridized carbons (Fsp3) is 0.444. The molecule has 0 aliphatic rings. The second kappa shape index (κ2) is 7.59. The Labute approximate surface area is 153 Å². The number of carbonyl (C=O) groups excluding carboxylic acids is 1. The topological polar surface area (TPSA) is 81.4 Å². The maximum atomic E-state index is 12.6. The molecule has 26 heavy (non-hydrogen) atoms. The predicted molar refractivity (Wildman–Crippen MR) is 100 cm³/mol. The van der Waals surface area contributed by atoms with Gasteiger partial charge in [0, 0.05) is 49.4 Å². The molecule has 0 atom stereocenters. The highest BCUT2D eigenvalue weighted by Crippen LogP contribution is 2.16. The average Bonchev–Trinajstić information content (AvgIpc) is 2.85. The summed E-state index contributed by atoms with van der Waals surface area (Å²) in [5.41, 5.74) is 1.87. The van der Waals surface area contributed by atoms with Crippen molar-refractivity contribution in [3.8, 4) is 0 Å². The van der Waals surface area contributed by atoms with Gasteiger partial charge in [0.15, 0.2) is 5.78 Å². The van der Waals surface area contributed by atoms with Crippen LogP contribution in [0.3, 0.4) is 0 Å². The van der Waals surface area contributed by atoms with Crippen LogP contribution in [0.5, 0.6) is 0 Å². The molecule has 0 aliphatic carbocycles. The monoisotopic (exact) mass is 379 g/mol. The zero-order chi connectivity index (χ0) is 19.6. The summed E-state index contributed by atoms with van der Waals surface area (Å²) in [6.07, 6.45) is 1.25. The molecule has 0 N–H and O–H groups in total. The summed E-state index contributed by atoms with van der Waals surface area (Å²) in [5, 5.41) is 0. The highest BCUT2D eigenvalue weighted by Gasteiger charge is 2.23. The van der Waals surface area contributed by atoms with E-state index in [2.05, 4.69) is 0 Å². The largest absolute Gasteiger partial charge is 0.351 e. The van der Waals surface area contributed by atoms with Crippen molar-refractivity contribution >= 4 is 15.8 Å². The van der Waals surface area contributed by atoms with E-state index in [1.807, 2.05) is 25.5 Å². The highest BCUT2D eigenvalue weighted by molar-refractivity contribution is 7.89. The molecule has 0 radical (unpaired) electrons. The van der Waals surface area contributed by atoms with Crippen LogP contribution < -0.4 is 5.56 Å². The zero-order valence-electron chi connectivity index (χ0n) is 15.8. The minimum atomic E-state index is -3.69. The minimum absolute atomic E-state index is 0.00886. The number of pyridine rings is 1. The maximum absolute atomic E-state index is 12.6. The molecule has 0 aliphatic heterocycles. The number of Topliss-reactive ketones (excluding diaryl/α,β-unsaturated/α-hetero) is 1. The lowest BCUT2D eigenvalue weighted by Gasteiger charge is -2.19. The Balaban J connectivity index is 2.41. The van der Waals surface area contributed by atoms with E-state index in [9.17, 15) is 18.0 Å². The molecular weight excluding hydrogens is 354 g/mol. The average molecular weight is 379 g/mol. The summed E-state index contributed by atoms with van der Waals surface area (Å²) >= 11 is 0. The van der Waals surface area contributed by atoms with Crippen LogP contribution >= 0.6 is 0 Å². The number of hydrogen-bond acceptors (Lipinski definition) is 4. The smallest absolute Gasteiger partial charge is 0.251 e. The van der Waals surface area contributed by atoms with Gasteiger partial charge in [0.1, 0.15) is 0 Å². The van der Waals surface area contributed by atoms with Crippen molar-refractivity contribution in [1.29, 1.82) is 0 Å². The number of carbonyl (C=O) groups is 1. The van der Waals surface area contributed by atoms with Crippen LogP contribution in [0.1, 0.15) is 35.6 Å². The minimum Gasteiger partial charge on any atom is -0.351 e. The van der Waals surface area contributed by atoms with Gasteiger partial charge in [-0.25, -0.2) is 8.42 Å². The molecule has 7 nitrogen and oxygen atoms in total. The van der Waals surface area contributed by atoms with Gasteiger partial charge in [0.05, 0.1) is 11.4 Å². The molecule has 0 bridgehead atoms. The van der Waals surface area contributed by atoms with Gasteiger partial charge in [-0.3, -0.25) is 9.59 Å². The molecule has 8 heteroatoms. The number of sulfonamides is 1. The summed E-state index contributed by atoms with van der Waals surface area (Å²) in [4.78, 5) is 24.8. The van der Waals surface area contributed by atoms with E-state index in [1.54, 1.807) is 19.9 Å². The van der Waals surface area contributed by atoms with E-state index in [4.69, 9.17) is 0 Å². The third-order valence-electron chi connectivity index (χ3n) is 4.69. The van der Waals surface area contributed by atoms with Crippen LogP contribution in [-0.2, 0) is 23.6 Å². The summed E-state index contributed by atoms with van der Waals surface area (Å²) in [6.45, 7) is 7.70. The van der Waals surface area contributed by atoms with Crippen LogP contribution in [0, 0.1) is 13.8 Å². The molecule has 0 saturated heterocycles. The number of rotatable bonds is 7. The van der Waals surface area contributed by atoms with Gasteiger partial charge in [-0.1, -0.05) is 13.8 Å². The van der Waals surface area contributed by atoms with Crippen LogP contribution in [0.25, 0.3) is 0 Å². The van der Waals surface area contributed by atoms with E-state index in [0.717, 1.165) is 16.0 Å². The lowest BCUT2D eigenvalue weighted by Crippen LogP contribution is -2.32. The number of aromatic nitrogens is 2. The van der Waals surface area contributed by atoms with Crippen molar-refractivity contribution in [3.63, 3.8) is 0 Å². The molecule has 2 aromatic rings. The number of ketones is 1. The van der Waals surface area contributed by atoms with Crippen molar-refractivity contribution in [3.05, 3.63) is 51.7 Å². The molecule has 2 heterocycles. The Hall–Kier alpha value is -2.19. The van der Waals surface area contributed by atoms with Crippen molar-refractivity contribution < 1.29 is 13.2 Å². The van der Waals surface area contributed by atoms with Gasteiger partial charge in [0.2, 0.25) is 10.0 Å². The predicted octanol–water partition coefficient (Wildman–Crippen LogP) is 1.72. The highest BCUT2D eigenvalue weighted by atomic mass is 32.2. The normalized spacial score (nSPS) is 11.9. The third-order valence-corrected chi connectivity index (χ3v) is 6.72. The first-order valence-electron chi connectivity index (χ1n) is 8.50. The fourth-order valence-corrected chi connectivity index (χ4v) is 4.35. The van der Waals surface area contributed by atoms with Crippen LogP contribution in [0.4, 0.5) is 0 Å². The molecule has 0 saturated carbocycles. The molecule has 0 aromatic carbocycles. The molecule has 142 valence electrons. The zero-order valence-corrected chi connectivity index (χ0v) is 16.6. The second-order valence-corrected chi connectivity index (χ2v) is 8.13. The van der Waals surface area contributed by atoms with Crippen molar-refractivity contribution in [2.45, 2.75) is 39.1 Å². The first kappa shape index (κ1) is 20.1. The summed E-state index contributed by atoms with van der Waals surface area (Å²) in [6, 6.07) is 4.25. The first-order valence-corrected chi connectivity index (χ1v) is 9.94. The van der Waals surface area contributed by atoms with Gasteiger partial charge in [-0.05, 0) is 26.0 Å². The van der Waals surface area contributed by atoms with Gasteiger partial charge in [0.25, 0.3) is 5.56 Å². The molecule has 2 aromatic heterocycles. The van der Waals surface area contributed by atoms with E-state index < -0.39 is 15.6 Å². The standard InChI is InChI=1S/C18H25N3O4S/c1-6-21(7-2)26(24,25)15-8-9-18(23)20(11-15)12-17(22)16-10-13(3)19(5)14(16)4/h8-11H,6-7,12H2,1-5H3. The first-order chi connectivity index (χ1) is 12.1. The molecule has 0 unspecified atom stereocenters. The van der Waals surface area contributed by atoms with Crippen LogP contribution in [0.2, 0.25) is 0 Å². The SMILES string of the molecule is CCN(CC)S(=O)(=O)c1ccc(=O)n(CC(=O)c2cc(C)n(C)c2C)c1. The number of hydrogen-bond donors (Lipinski definition) is 0. The molecular formula is C18H25N3O4S. The number of aryl methyl sites for hydroxylation is 1. The van der Waals surface area contributed by atoms with Gasteiger partial charge in [-0.2, -0.15) is 4.31 Å². The van der Waals surface area contributed by atoms with Crippen LogP contribution in [-0.4, -0.2) is 40.7 Å². The van der Waals surface area contributed by atoms with E-state index in [-0.39, 0.29) is 17.2 Å². The summed E-state index contributed by atoms with van der Waals surface area (Å²) in [7, 11) is -1.83. The Morgan fingerprint density at radius 1 is 1.15 bits per heavy atom. The molecule has 0 spiro atoms. The molecule has 0 fully saturated rings. The summed E-state index contributed by atoms with van der Waals surface area (Å²) < 4.78 is 29.6. The quantitative estimate of drug-likeness (QED) is 0.686. The van der Waals surface area contributed by atoms with Gasteiger partial charge >= 0.3 is 0 Å². The van der Waals surface area contributed by atoms with Gasteiger partial charge in [-0.15, -0.1) is 0 Å². The van der Waals surface area contributed by atoms with E-state index >= 15 is 0 Å². The van der Waals surface area contributed by atoms with Crippen molar-refractivity contribution in [1.82, 2.24) is 13.4 Å². The Morgan fingerprint density at radius 3 is 2.27 bits per heavy atom. The lowest BCUT2D eigenvalue weighted by molar-refractivity contribution is 0.0970.